The average molecular weight is 438 g/mol. The Morgan fingerprint density at radius 2 is 1.69 bits per heavy atom. The summed E-state index contributed by atoms with van der Waals surface area (Å²) in [4.78, 5) is 42.5. The molecule has 1 aliphatic carbocycles. The smallest absolute Gasteiger partial charge is 0.257 e. The molecule has 2 aromatic carbocycles. The van der Waals surface area contributed by atoms with Gasteiger partial charge in [0, 0.05) is 11.6 Å². The van der Waals surface area contributed by atoms with Gasteiger partial charge in [-0.25, -0.2) is 9.29 Å². The molecule has 6 nitrogen and oxygen atoms in total. The zero-order valence-corrected chi connectivity index (χ0v) is 18.1. The molecule has 2 aromatic rings. The van der Waals surface area contributed by atoms with Crippen molar-refractivity contribution < 1.29 is 23.5 Å². The lowest BCUT2D eigenvalue weighted by atomic mass is 9.92. The van der Waals surface area contributed by atoms with Crippen LogP contribution in [0.4, 0.5) is 10.1 Å². The molecule has 168 valence electrons. The first-order chi connectivity index (χ1) is 15.5. The molecule has 1 saturated heterocycles. The van der Waals surface area contributed by atoms with Crippen LogP contribution in [0, 0.1) is 5.82 Å². The molecule has 0 spiro atoms. The van der Waals surface area contributed by atoms with Crippen LogP contribution in [0.2, 0.25) is 0 Å². The number of hydrogen-bond donors (Lipinski definition) is 0. The highest BCUT2D eigenvalue weighted by atomic mass is 19.1. The molecule has 3 amide bonds. The van der Waals surface area contributed by atoms with E-state index in [2.05, 4.69) is 0 Å². The number of rotatable bonds is 6. The van der Waals surface area contributed by atoms with Gasteiger partial charge in [0.15, 0.2) is 0 Å². The molecule has 2 aliphatic rings. The minimum Gasteiger partial charge on any atom is -0.494 e. The van der Waals surface area contributed by atoms with Crippen molar-refractivity contribution in [2.45, 2.75) is 57.5 Å². The fourth-order valence-corrected chi connectivity index (χ4v) is 4.63. The molecule has 1 heterocycles. The zero-order valence-electron chi connectivity index (χ0n) is 18.1. The van der Waals surface area contributed by atoms with E-state index in [1.807, 2.05) is 6.92 Å². The maximum atomic E-state index is 13.5. The van der Waals surface area contributed by atoms with Crippen molar-refractivity contribution in [2.24, 2.45) is 0 Å². The minimum absolute atomic E-state index is 0.0600. The maximum absolute atomic E-state index is 13.5. The first-order valence-corrected chi connectivity index (χ1v) is 11.2. The van der Waals surface area contributed by atoms with Crippen molar-refractivity contribution in [3.05, 3.63) is 59.9 Å². The molecule has 0 N–H and O–H groups in total. The first kappa shape index (κ1) is 22.0. The summed E-state index contributed by atoms with van der Waals surface area (Å²) < 4.78 is 18.8. The summed E-state index contributed by atoms with van der Waals surface area (Å²) >= 11 is 0. The lowest BCUT2D eigenvalue weighted by Gasteiger charge is -2.37. The van der Waals surface area contributed by atoms with Crippen molar-refractivity contribution in [1.82, 2.24) is 4.90 Å². The number of carbonyl (C=O) groups is 3. The SMILES string of the molecule is CCOc1ccc(N2C(=O)CC(N(C(=O)c3ccc(F)cc3)C3CCCCC3)C2=O)cc1. The van der Waals surface area contributed by atoms with Crippen LogP contribution in [0.1, 0.15) is 55.8 Å². The molecule has 7 heteroatoms. The fraction of sp³-hybridized carbons (Fsp3) is 0.400. The Labute approximate surface area is 187 Å². The summed E-state index contributed by atoms with van der Waals surface area (Å²) in [7, 11) is 0. The molecule has 1 unspecified atom stereocenters. The van der Waals surface area contributed by atoms with E-state index in [1.54, 1.807) is 29.2 Å². The Hall–Kier alpha value is -3.22. The number of halogens is 1. The monoisotopic (exact) mass is 438 g/mol. The molecule has 0 aromatic heterocycles. The van der Waals surface area contributed by atoms with Gasteiger partial charge in [0.1, 0.15) is 17.6 Å². The van der Waals surface area contributed by atoms with Crippen LogP contribution in [-0.4, -0.2) is 41.3 Å². The lowest BCUT2D eigenvalue weighted by molar-refractivity contribution is -0.123. The summed E-state index contributed by atoms with van der Waals surface area (Å²) in [6, 6.07) is 11.1. The predicted molar refractivity (Wildman–Crippen MR) is 118 cm³/mol. The highest BCUT2D eigenvalue weighted by Crippen LogP contribution is 2.32. The van der Waals surface area contributed by atoms with E-state index in [1.165, 1.54) is 24.3 Å². The van der Waals surface area contributed by atoms with E-state index in [9.17, 15) is 18.8 Å². The van der Waals surface area contributed by atoms with Crippen LogP contribution in [0.3, 0.4) is 0 Å². The largest absolute Gasteiger partial charge is 0.494 e. The number of ether oxygens (including phenoxy) is 1. The van der Waals surface area contributed by atoms with Gasteiger partial charge in [0.2, 0.25) is 5.91 Å². The summed E-state index contributed by atoms with van der Waals surface area (Å²) in [5.41, 5.74) is 0.778. The Bertz CT molecular complexity index is 984. The third-order valence-corrected chi connectivity index (χ3v) is 6.16. The molecule has 1 atom stereocenters. The van der Waals surface area contributed by atoms with Crippen LogP contribution in [0.15, 0.2) is 48.5 Å². The van der Waals surface area contributed by atoms with Gasteiger partial charge in [-0.3, -0.25) is 14.4 Å². The zero-order chi connectivity index (χ0) is 22.7. The number of hydrogen-bond acceptors (Lipinski definition) is 4. The fourth-order valence-electron chi connectivity index (χ4n) is 4.63. The second-order valence-electron chi connectivity index (χ2n) is 8.23. The highest BCUT2D eigenvalue weighted by Gasteiger charge is 2.46. The number of imide groups is 1. The Morgan fingerprint density at radius 1 is 1.03 bits per heavy atom. The second-order valence-corrected chi connectivity index (χ2v) is 8.23. The molecule has 32 heavy (non-hydrogen) atoms. The molecule has 0 bridgehead atoms. The van der Waals surface area contributed by atoms with Gasteiger partial charge in [-0.1, -0.05) is 19.3 Å². The van der Waals surface area contributed by atoms with Crippen molar-refractivity contribution >= 4 is 23.4 Å². The Morgan fingerprint density at radius 3 is 2.31 bits per heavy atom. The van der Waals surface area contributed by atoms with Gasteiger partial charge < -0.3 is 9.64 Å². The molecule has 2 fully saturated rings. The lowest BCUT2D eigenvalue weighted by Crippen LogP contribution is -2.51. The van der Waals surface area contributed by atoms with E-state index < -0.39 is 17.8 Å². The van der Waals surface area contributed by atoms with Crippen LogP contribution < -0.4 is 9.64 Å². The molecule has 0 radical (unpaired) electrons. The van der Waals surface area contributed by atoms with Crippen molar-refractivity contribution in [3.63, 3.8) is 0 Å². The van der Waals surface area contributed by atoms with Gasteiger partial charge >= 0.3 is 0 Å². The van der Waals surface area contributed by atoms with Crippen molar-refractivity contribution in [2.75, 3.05) is 11.5 Å². The molecular weight excluding hydrogens is 411 g/mol. The van der Waals surface area contributed by atoms with E-state index >= 15 is 0 Å². The van der Waals surface area contributed by atoms with E-state index in [-0.39, 0.29) is 24.3 Å². The number of anilines is 1. The first-order valence-electron chi connectivity index (χ1n) is 11.2. The van der Waals surface area contributed by atoms with Crippen LogP contribution in [0.5, 0.6) is 5.75 Å². The van der Waals surface area contributed by atoms with E-state index in [0.29, 0.717) is 23.6 Å². The Kier molecular flexibility index (Phi) is 6.53. The summed E-state index contributed by atoms with van der Waals surface area (Å²) in [6.45, 7) is 2.40. The molecule has 1 saturated carbocycles. The average Bonchev–Trinajstić information content (AvgIpc) is 3.09. The van der Waals surface area contributed by atoms with Gasteiger partial charge in [-0.15, -0.1) is 0 Å². The van der Waals surface area contributed by atoms with E-state index in [4.69, 9.17) is 4.74 Å². The van der Waals surface area contributed by atoms with Gasteiger partial charge in [0.05, 0.1) is 18.7 Å². The second kappa shape index (κ2) is 9.51. The van der Waals surface area contributed by atoms with Crippen LogP contribution in [-0.2, 0) is 9.59 Å². The van der Waals surface area contributed by atoms with Crippen molar-refractivity contribution in [1.29, 1.82) is 0 Å². The van der Waals surface area contributed by atoms with Gasteiger partial charge in [0.25, 0.3) is 11.8 Å². The van der Waals surface area contributed by atoms with Gasteiger partial charge in [-0.2, -0.15) is 0 Å². The minimum atomic E-state index is -0.866. The summed E-state index contributed by atoms with van der Waals surface area (Å²) in [6.07, 6.45) is 4.53. The molecule has 4 rings (SSSR count). The third kappa shape index (κ3) is 4.38. The summed E-state index contributed by atoms with van der Waals surface area (Å²) in [5, 5.41) is 0. The number of benzene rings is 2. The Balaban J connectivity index is 1.63. The normalized spacial score (nSPS) is 19.3. The number of nitrogens with zero attached hydrogens (tertiary/aromatic N) is 2. The molecule has 1 aliphatic heterocycles. The van der Waals surface area contributed by atoms with Crippen LogP contribution in [0.25, 0.3) is 0 Å². The third-order valence-electron chi connectivity index (χ3n) is 6.16. The van der Waals surface area contributed by atoms with Crippen LogP contribution >= 0.6 is 0 Å². The van der Waals surface area contributed by atoms with Crippen molar-refractivity contribution in [3.8, 4) is 5.75 Å². The summed E-state index contributed by atoms with van der Waals surface area (Å²) in [5.74, 6) is -0.851. The quantitative estimate of drug-likeness (QED) is 0.630. The number of carbonyl (C=O) groups excluding carboxylic acids is 3. The highest BCUT2D eigenvalue weighted by molar-refractivity contribution is 6.23. The number of amides is 3. The predicted octanol–water partition coefficient (Wildman–Crippen LogP) is 4.33. The van der Waals surface area contributed by atoms with Gasteiger partial charge in [-0.05, 0) is 68.3 Å². The molecular formula is C25H27FN2O4. The van der Waals surface area contributed by atoms with E-state index in [0.717, 1.165) is 37.0 Å². The standard InChI is InChI=1S/C25H27FN2O4/c1-2-32-21-14-12-20(13-15-21)28-23(29)16-22(25(28)31)27(19-6-4-3-5-7-19)24(30)17-8-10-18(26)11-9-17/h8-15,19,22H,2-7,16H2,1H3. The maximum Gasteiger partial charge on any atom is 0.257 e. The topological polar surface area (TPSA) is 66.9 Å².